The number of hydrogen-bond acceptors (Lipinski definition) is 7. The highest BCUT2D eigenvalue weighted by atomic mass is 35.5. The summed E-state index contributed by atoms with van der Waals surface area (Å²) in [6.45, 7) is 2.01. The quantitative estimate of drug-likeness (QED) is 0.435. The standard InChI is InChI=1S/C20H19Cl2N3O5S3/c1-2-30-17(26)11-24-13-6-5-12(21)10-15(13)31-20(24)23-19(27)14-4-3-9-25(14)33(28,29)18-8-7-16(22)32-18/h5-8,10,14H,2-4,9,11H2,1H3. The lowest BCUT2D eigenvalue weighted by atomic mass is 10.2. The number of thiophene rings is 1. The number of benzene rings is 1. The van der Waals surface area contributed by atoms with Crippen molar-refractivity contribution in [2.45, 2.75) is 36.6 Å². The minimum Gasteiger partial charge on any atom is -0.465 e. The Labute approximate surface area is 208 Å². The second-order valence-corrected chi connectivity index (χ2v) is 12.4. The third-order valence-corrected chi connectivity index (χ3v) is 9.93. The van der Waals surface area contributed by atoms with Crippen molar-refractivity contribution in [1.82, 2.24) is 8.87 Å². The Morgan fingerprint density at radius 1 is 1.21 bits per heavy atom. The number of sulfonamides is 1. The Morgan fingerprint density at radius 2 is 2.00 bits per heavy atom. The summed E-state index contributed by atoms with van der Waals surface area (Å²) in [7, 11) is -3.88. The molecule has 3 aromatic rings. The maximum Gasteiger partial charge on any atom is 0.326 e. The van der Waals surface area contributed by atoms with Gasteiger partial charge in [-0.3, -0.25) is 9.59 Å². The van der Waals surface area contributed by atoms with Gasteiger partial charge in [0.15, 0.2) is 4.80 Å². The van der Waals surface area contributed by atoms with Gasteiger partial charge in [-0.15, -0.1) is 11.3 Å². The fraction of sp³-hybridized carbons (Fsp3) is 0.350. The first-order valence-electron chi connectivity index (χ1n) is 10.0. The molecule has 0 aliphatic carbocycles. The van der Waals surface area contributed by atoms with E-state index >= 15 is 0 Å². The molecular formula is C20H19Cl2N3O5S3. The van der Waals surface area contributed by atoms with Crippen LogP contribution in [0.3, 0.4) is 0 Å². The molecule has 0 spiro atoms. The zero-order valence-electron chi connectivity index (χ0n) is 17.4. The van der Waals surface area contributed by atoms with Gasteiger partial charge < -0.3 is 9.30 Å². The first kappa shape index (κ1) is 24.4. The zero-order chi connectivity index (χ0) is 23.8. The molecule has 13 heteroatoms. The molecule has 3 heterocycles. The monoisotopic (exact) mass is 547 g/mol. The molecule has 176 valence electrons. The number of carbonyl (C=O) groups is 2. The molecule has 1 aliphatic rings. The van der Waals surface area contributed by atoms with Gasteiger partial charge in [0.1, 0.15) is 16.8 Å². The second kappa shape index (κ2) is 9.85. The molecule has 1 aliphatic heterocycles. The summed E-state index contributed by atoms with van der Waals surface area (Å²) in [4.78, 5) is 29.9. The van der Waals surface area contributed by atoms with E-state index in [9.17, 15) is 18.0 Å². The van der Waals surface area contributed by atoms with Crippen LogP contribution in [0.2, 0.25) is 9.36 Å². The largest absolute Gasteiger partial charge is 0.465 e. The van der Waals surface area contributed by atoms with Crippen molar-refractivity contribution < 1.29 is 22.7 Å². The molecule has 1 amide bonds. The Balaban J connectivity index is 1.72. The third-order valence-electron chi connectivity index (χ3n) is 5.04. The minimum absolute atomic E-state index is 0.0843. The Kier molecular flexibility index (Phi) is 7.27. The number of rotatable bonds is 6. The maximum atomic E-state index is 13.2. The van der Waals surface area contributed by atoms with Crippen molar-refractivity contribution >= 4 is 78.0 Å². The maximum absolute atomic E-state index is 13.2. The number of carbonyl (C=O) groups excluding carboxylic acids is 2. The van der Waals surface area contributed by atoms with Gasteiger partial charge in [0.05, 0.1) is 21.2 Å². The van der Waals surface area contributed by atoms with Crippen LogP contribution in [0.25, 0.3) is 10.2 Å². The third kappa shape index (κ3) is 5.03. The molecule has 0 N–H and O–H groups in total. The van der Waals surface area contributed by atoms with Crippen molar-refractivity contribution in [2.24, 2.45) is 4.99 Å². The van der Waals surface area contributed by atoms with Gasteiger partial charge in [0.2, 0.25) is 0 Å². The van der Waals surface area contributed by atoms with E-state index in [0.29, 0.717) is 27.7 Å². The number of ether oxygens (including phenoxy) is 1. The summed E-state index contributed by atoms with van der Waals surface area (Å²) in [5, 5.41) is 0.507. The number of halogens is 2. The fourth-order valence-electron chi connectivity index (χ4n) is 3.62. The van der Waals surface area contributed by atoms with Crippen LogP contribution in [-0.4, -0.2) is 48.4 Å². The van der Waals surface area contributed by atoms with Gasteiger partial charge in [0.25, 0.3) is 15.9 Å². The average Bonchev–Trinajstić information content (AvgIpc) is 3.48. The second-order valence-electron chi connectivity index (χ2n) is 7.17. The summed E-state index contributed by atoms with van der Waals surface area (Å²) >= 11 is 14.2. The van der Waals surface area contributed by atoms with Crippen LogP contribution in [0.1, 0.15) is 19.8 Å². The van der Waals surface area contributed by atoms with Crippen LogP contribution < -0.4 is 4.80 Å². The van der Waals surface area contributed by atoms with Crippen molar-refractivity contribution in [1.29, 1.82) is 0 Å². The molecule has 33 heavy (non-hydrogen) atoms. The lowest BCUT2D eigenvalue weighted by Crippen LogP contribution is -2.40. The van der Waals surface area contributed by atoms with Gasteiger partial charge in [-0.2, -0.15) is 9.30 Å². The SMILES string of the molecule is CCOC(=O)Cn1c(=NC(=O)C2CCCN2S(=O)(=O)c2ccc(Cl)s2)sc2cc(Cl)ccc21. The normalized spacial score (nSPS) is 17.7. The molecule has 4 rings (SSSR count). The van der Waals surface area contributed by atoms with E-state index in [4.69, 9.17) is 27.9 Å². The van der Waals surface area contributed by atoms with E-state index in [1.807, 2.05) is 0 Å². The van der Waals surface area contributed by atoms with E-state index in [0.717, 1.165) is 16.0 Å². The van der Waals surface area contributed by atoms with Gasteiger partial charge in [0, 0.05) is 11.6 Å². The Morgan fingerprint density at radius 3 is 2.70 bits per heavy atom. The first-order valence-corrected chi connectivity index (χ1v) is 13.8. The van der Waals surface area contributed by atoms with E-state index in [1.54, 1.807) is 29.7 Å². The fourth-order valence-corrected chi connectivity index (χ4v) is 8.19. The van der Waals surface area contributed by atoms with E-state index in [1.165, 1.54) is 27.8 Å². The van der Waals surface area contributed by atoms with Gasteiger partial charge in [-0.1, -0.05) is 34.5 Å². The van der Waals surface area contributed by atoms with Crippen LogP contribution in [-0.2, 0) is 30.9 Å². The van der Waals surface area contributed by atoms with E-state index in [2.05, 4.69) is 4.99 Å². The zero-order valence-corrected chi connectivity index (χ0v) is 21.3. The highest BCUT2D eigenvalue weighted by Crippen LogP contribution is 2.32. The number of thiazole rings is 1. The summed E-state index contributed by atoms with van der Waals surface area (Å²) in [6.07, 6.45) is 0.893. The lowest BCUT2D eigenvalue weighted by molar-refractivity contribution is -0.143. The first-order chi connectivity index (χ1) is 15.7. The average molecular weight is 548 g/mol. The molecule has 8 nitrogen and oxygen atoms in total. The topological polar surface area (TPSA) is 98.0 Å². The number of aromatic nitrogens is 1. The predicted octanol–water partition coefficient (Wildman–Crippen LogP) is 3.91. The van der Waals surface area contributed by atoms with Crippen molar-refractivity contribution in [2.75, 3.05) is 13.2 Å². The van der Waals surface area contributed by atoms with Gasteiger partial charge in [-0.05, 0) is 50.1 Å². The number of amides is 1. The van der Waals surface area contributed by atoms with E-state index in [-0.39, 0.29) is 28.7 Å². The van der Waals surface area contributed by atoms with Crippen LogP contribution in [0, 0.1) is 0 Å². The Hall–Kier alpha value is -1.76. The molecule has 1 aromatic carbocycles. The van der Waals surface area contributed by atoms with Crippen molar-refractivity contribution in [3.8, 4) is 0 Å². The minimum atomic E-state index is -3.88. The summed E-state index contributed by atoms with van der Waals surface area (Å²) in [5.74, 6) is -1.06. The number of esters is 1. The van der Waals surface area contributed by atoms with Crippen molar-refractivity contribution in [3.05, 3.63) is 44.5 Å². The van der Waals surface area contributed by atoms with Gasteiger partial charge >= 0.3 is 5.97 Å². The summed E-state index contributed by atoms with van der Waals surface area (Å²) in [6, 6.07) is 7.16. The molecule has 1 saturated heterocycles. The molecule has 0 saturated carbocycles. The van der Waals surface area contributed by atoms with Crippen LogP contribution in [0.5, 0.6) is 0 Å². The molecular weight excluding hydrogens is 529 g/mol. The Bertz CT molecular complexity index is 1390. The summed E-state index contributed by atoms with van der Waals surface area (Å²) < 4.78 is 35.2. The number of fused-ring (bicyclic) bond motifs is 1. The lowest BCUT2D eigenvalue weighted by Gasteiger charge is -2.20. The summed E-state index contributed by atoms with van der Waals surface area (Å²) in [5.41, 5.74) is 0.674. The van der Waals surface area contributed by atoms with Gasteiger partial charge in [-0.25, -0.2) is 8.42 Å². The molecule has 1 atom stereocenters. The number of nitrogens with zero attached hydrogens (tertiary/aromatic N) is 3. The molecule has 0 radical (unpaired) electrons. The highest BCUT2D eigenvalue weighted by Gasteiger charge is 2.40. The van der Waals surface area contributed by atoms with Crippen LogP contribution in [0.4, 0.5) is 0 Å². The smallest absolute Gasteiger partial charge is 0.326 e. The van der Waals surface area contributed by atoms with E-state index < -0.39 is 27.9 Å². The van der Waals surface area contributed by atoms with Crippen LogP contribution >= 0.6 is 45.9 Å². The molecule has 1 unspecified atom stereocenters. The number of hydrogen-bond donors (Lipinski definition) is 0. The van der Waals surface area contributed by atoms with Crippen LogP contribution in [0.15, 0.2) is 39.5 Å². The molecule has 1 fully saturated rings. The highest BCUT2D eigenvalue weighted by molar-refractivity contribution is 7.91. The molecule has 0 bridgehead atoms. The molecule has 2 aromatic heterocycles. The predicted molar refractivity (Wildman–Crippen MR) is 128 cm³/mol. The van der Waals surface area contributed by atoms with Crippen molar-refractivity contribution in [3.63, 3.8) is 0 Å².